The third kappa shape index (κ3) is 2.64. The van der Waals surface area contributed by atoms with Crippen LogP contribution < -0.4 is 5.73 Å². The van der Waals surface area contributed by atoms with Crippen LogP contribution in [0.4, 0.5) is 0 Å². The molecule has 1 amide bonds. The van der Waals surface area contributed by atoms with E-state index in [1.165, 1.54) is 6.42 Å². The molecule has 0 aromatic rings. The first-order valence-electron chi connectivity index (χ1n) is 5.81. The van der Waals surface area contributed by atoms with Crippen molar-refractivity contribution >= 4 is 18.3 Å². The molecule has 1 heterocycles. The summed E-state index contributed by atoms with van der Waals surface area (Å²) in [5, 5.41) is 0. The molecule has 1 aliphatic heterocycles. The number of hydrogen-bond acceptors (Lipinski definition) is 2. The number of hydrogen-bond donors (Lipinski definition) is 1. The maximum atomic E-state index is 12.1. The summed E-state index contributed by atoms with van der Waals surface area (Å²) in [6.45, 7) is 1.86. The van der Waals surface area contributed by atoms with Crippen LogP contribution in [0.5, 0.6) is 0 Å². The van der Waals surface area contributed by atoms with Crippen LogP contribution in [0.25, 0.3) is 0 Å². The molecule has 0 aromatic heterocycles. The summed E-state index contributed by atoms with van der Waals surface area (Å²) in [7, 11) is 0. The molecule has 0 unspecified atom stereocenters. The van der Waals surface area contributed by atoms with Crippen LogP contribution in [0.3, 0.4) is 0 Å². The van der Waals surface area contributed by atoms with Crippen LogP contribution in [-0.4, -0.2) is 29.4 Å². The first-order chi connectivity index (χ1) is 6.72. The molecule has 2 aliphatic rings. The second-order valence-corrected chi connectivity index (χ2v) is 4.72. The lowest BCUT2D eigenvalue weighted by Crippen LogP contribution is -2.55. The summed E-state index contributed by atoms with van der Waals surface area (Å²) in [4.78, 5) is 14.1. The summed E-state index contributed by atoms with van der Waals surface area (Å²) in [5.41, 5.74) is 5.68. The van der Waals surface area contributed by atoms with Crippen molar-refractivity contribution in [2.75, 3.05) is 13.1 Å². The number of nitrogens with two attached hydrogens (primary N) is 1. The van der Waals surface area contributed by atoms with Crippen LogP contribution >= 0.6 is 12.4 Å². The van der Waals surface area contributed by atoms with Crippen LogP contribution in [0.1, 0.15) is 44.9 Å². The standard InChI is InChI=1S/C11H20N2O.ClH/c12-11(6-2-1-3-7-11)10(14)13-8-4-5-9-13;/h1-9,12H2;1H. The molecule has 2 fully saturated rings. The van der Waals surface area contributed by atoms with E-state index in [2.05, 4.69) is 0 Å². The summed E-state index contributed by atoms with van der Waals surface area (Å²) in [6.07, 6.45) is 7.58. The van der Waals surface area contributed by atoms with E-state index in [0.29, 0.717) is 0 Å². The predicted molar refractivity (Wildman–Crippen MR) is 63.1 cm³/mol. The zero-order chi connectivity index (χ0) is 10.0. The highest BCUT2D eigenvalue weighted by Gasteiger charge is 2.38. The van der Waals surface area contributed by atoms with Gasteiger partial charge in [-0.25, -0.2) is 0 Å². The molecule has 15 heavy (non-hydrogen) atoms. The Labute approximate surface area is 97.8 Å². The molecule has 1 saturated carbocycles. The first-order valence-corrected chi connectivity index (χ1v) is 5.81. The fourth-order valence-corrected chi connectivity index (χ4v) is 2.63. The average molecular weight is 233 g/mol. The van der Waals surface area contributed by atoms with E-state index in [0.717, 1.165) is 51.6 Å². The number of halogens is 1. The van der Waals surface area contributed by atoms with Gasteiger partial charge in [0.15, 0.2) is 0 Å². The number of carbonyl (C=O) groups excluding carboxylic acids is 1. The van der Waals surface area contributed by atoms with E-state index < -0.39 is 5.54 Å². The second kappa shape index (κ2) is 5.17. The van der Waals surface area contributed by atoms with Crippen LogP contribution in [0.2, 0.25) is 0 Å². The Morgan fingerprint density at radius 1 is 1.00 bits per heavy atom. The van der Waals surface area contributed by atoms with E-state index >= 15 is 0 Å². The maximum absolute atomic E-state index is 12.1. The van der Waals surface area contributed by atoms with Gasteiger partial charge in [0.25, 0.3) is 0 Å². The molecule has 2 N–H and O–H groups in total. The second-order valence-electron chi connectivity index (χ2n) is 4.72. The molecule has 2 rings (SSSR count). The van der Waals surface area contributed by atoms with Crippen LogP contribution in [0, 0.1) is 0 Å². The Bertz CT molecular complexity index is 221. The summed E-state index contributed by atoms with van der Waals surface area (Å²) in [6, 6.07) is 0. The topological polar surface area (TPSA) is 46.3 Å². The zero-order valence-corrected chi connectivity index (χ0v) is 10.0. The molecule has 0 radical (unpaired) electrons. The SMILES string of the molecule is Cl.NC1(C(=O)N2CCCC2)CCCCC1. The predicted octanol–water partition coefficient (Wildman–Crippen LogP) is 1.69. The van der Waals surface area contributed by atoms with Gasteiger partial charge < -0.3 is 10.6 Å². The van der Waals surface area contributed by atoms with Crippen molar-refractivity contribution in [1.82, 2.24) is 4.90 Å². The van der Waals surface area contributed by atoms with Gasteiger partial charge in [0, 0.05) is 13.1 Å². The molecule has 4 heteroatoms. The van der Waals surface area contributed by atoms with Gasteiger partial charge in [0.2, 0.25) is 5.91 Å². The van der Waals surface area contributed by atoms with Crippen molar-refractivity contribution in [3.8, 4) is 0 Å². The minimum Gasteiger partial charge on any atom is -0.341 e. The van der Waals surface area contributed by atoms with E-state index in [9.17, 15) is 4.79 Å². The zero-order valence-electron chi connectivity index (χ0n) is 9.21. The quantitative estimate of drug-likeness (QED) is 0.748. The van der Waals surface area contributed by atoms with Gasteiger partial charge in [0.05, 0.1) is 5.54 Å². The molecule has 88 valence electrons. The van der Waals surface area contributed by atoms with E-state index in [4.69, 9.17) is 5.73 Å². The molecule has 0 atom stereocenters. The Morgan fingerprint density at radius 2 is 1.53 bits per heavy atom. The van der Waals surface area contributed by atoms with Gasteiger partial charge >= 0.3 is 0 Å². The molecular formula is C11H21ClN2O. The lowest BCUT2D eigenvalue weighted by atomic mass is 9.81. The summed E-state index contributed by atoms with van der Waals surface area (Å²) < 4.78 is 0. The first kappa shape index (κ1) is 12.8. The highest BCUT2D eigenvalue weighted by atomic mass is 35.5. The fourth-order valence-electron chi connectivity index (χ4n) is 2.63. The molecule has 1 saturated heterocycles. The van der Waals surface area contributed by atoms with E-state index in [1.54, 1.807) is 0 Å². The monoisotopic (exact) mass is 232 g/mol. The molecule has 0 bridgehead atoms. The number of amides is 1. The molecule has 0 spiro atoms. The van der Waals surface area contributed by atoms with Gasteiger partial charge in [0.1, 0.15) is 0 Å². The summed E-state index contributed by atoms with van der Waals surface area (Å²) in [5.74, 6) is 0.217. The number of rotatable bonds is 1. The average Bonchev–Trinajstić information content (AvgIpc) is 2.70. The molecule has 1 aliphatic carbocycles. The summed E-state index contributed by atoms with van der Waals surface area (Å²) >= 11 is 0. The molecule has 0 aromatic carbocycles. The van der Waals surface area contributed by atoms with Gasteiger partial charge in [-0.05, 0) is 25.7 Å². The maximum Gasteiger partial charge on any atom is 0.242 e. The van der Waals surface area contributed by atoms with Crippen molar-refractivity contribution in [1.29, 1.82) is 0 Å². The lowest BCUT2D eigenvalue weighted by Gasteiger charge is -2.35. The Hall–Kier alpha value is -0.280. The highest BCUT2D eigenvalue weighted by Crippen LogP contribution is 2.28. The van der Waals surface area contributed by atoms with Gasteiger partial charge in [-0.2, -0.15) is 0 Å². The molecular weight excluding hydrogens is 212 g/mol. The lowest BCUT2D eigenvalue weighted by molar-refractivity contribution is -0.137. The normalized spacial score (nSPS) is 24.7. The number of nitrogens with zero attached hydrogens (tertiary/aromatic N) is 1. The minimum absolute atomic E-state index is 0. The Kier molecular flexibility index (Phi) is 4.41. The largest absolute Gasteiger partial charge is 0.341 e. The van der Waals surface area contributed by atoms with Crippen molar-refractivity contribution in [2.45, 2.75) is 50.5 Å². The van der Waals surface area contributed by atoms with Crippen molar-refractivity contribution in [2.24, 2.45) is 5.73 Å². The highest BCUT2D eigenvalue weighted by molar-refractivity contribution is 5.86. The van der Waals surface area contributed by atoms with Gasteiger partial charge in [-0.15, -0.1) is 12.4 Å². The van der Waals surface area contributed by atoms with Gasteiger partial charge in [-0.3, -0.25) is 4.79 Å². The van der Waals surface area contributed by atoms with Crippen molar-refractivity contribution in [3.63, 3.8) is 0 Å². The molecule has 3 nitrogen and oxygen atoms in total. The fraction of sp³-hybridized carbons (Fsp3) is 0.909. The van der Waals surface area contributed by atoms with Crippen molar-refractivity contribution in [3.05, 3.63) is 0 Å². The van der Waals surface area contributed by atoms with Gasteiger partial charge in [-0.1, -0.05) is 19.3 Å². The number of carbonyl (C=O) groups is 1. The van der Waals surface area contributed by atoms with Crippen molar-refractivity contribution < 1.29 is 4.79 Å². The Balaban J connectivity index is 0.00000112. The van der Waals surface area contributed by atoms with Crippen LogP contribution in [0.15, 0.2) is 0 Å². The Morgan fingerprint density at radius 3 is 2.07 bits per heavy atom. The third-order valence-corrected chi connectivity index (χ3v) is 3.56. The van der Waals surface area contributed by atoms with E-state index in [1.807, 2.05) is 4.90 Å². The minimum atomic E-state index is -0.511. The van der Waals surface area contributed by atoms with Crippen LogP contribution in [-0.2, 0) is 4.79 Å². The third-order valence-electron chi connectivity index (χ3n) is 3.56. The number of likely N-dealkylation sites (tertiary alicyclic amines) is 1. The smallest absolute Gasteiger partial charge is 0.242 e. The van der Waals surface area contributed by atoms with E-state index in [-0.39, 0.29) is 18.3 Å².